The number of aryl methyl sites for hydroxylation is 1. The number of piperazine rings is 1. The Hall–Kier alpha value is -5.79. The van der Waals surface area contributed by atoms with Crippen LogP contribution in [-0.4, -0.2) is 133 Å². The Morgan fingerprint density at radius 2 is 1.76 bits per heavy atom. The number of ether oxygens (including phenoxy) is 8. The lowest BCUT2D eigenvalue weighted by atomic mass is 9.71. The van der Waals surface area contributed by atoms with E-state index >= 15 is 4.79 Å². The molecule has 19 nitrogen and oxygen atoms in total. The van der Waals surface area contributed by atoms with Crippen LogP contribution in [0.1, 0.15) is 108 Å². The van der Waals surface area contributed by atoms with Crippen molar-refractivity contribution in [1.29, 1.82) is 5.26 Å². The van der Waals surface area contributed by atoms with E-state index in [1.54, 1.807) is 32.9 Å². The lowest BCUT2D eigenvalue weighted by Crippen LogP contribution is -2.69. The van der Waals surface area contributed by atoms with Crippen LogP contribution >= 0.6 is 23.5 Å². The van der Waals surface area contributed by atoms with E-state index in [2.05, 4.69) is 31.8 Å². The predicted molar refractivity (Wildman–Crippen MR) is 271 cm³/mol. The monoisotopic (exact) mass is 1050 g/mol. The molecule has 74 heavy (non-hydrogen) atoms. The second kappa shape index (κ2) is 19.1. The lowest BCUT2D eigenvalue weighted by molar-refractivity contribution is -0.157. The van der Waals surface area contributed by atoms with Crippen molar-refractivity contribution in [2.75, 3.05) is 52.7 Å². The highest BCUT2D eigenvalue weighted by atomic mass is 32.2. The zero-order valence-corrected chi connectivity index (χ0v) is 44.3. The Labute approximate surface area is 437 Å². The number of aromatic hydroxyl groups is 1. The van der Waals surface area contributed by atoms with Gasteiger partial charge in [-0.15, -0.1) is 11.8 Å². The van der Waals surface area contributed by atoms with E-state index in [4.69, 9.17) is 37.9 Å². The molecule has 4 N–H and O–H groups in total. The van der Waals surface area contributed by atoms with E-state index in [1.807, 2.05) is 38.7 Å². The molecule has 0 saturated carbocycles. The van der Waals surface area contributed by atoms with Crippen LogP contribution in [0.3, 0.4) is 0 Å². The minimum absolute atomic E-state index is 0.0141. The molecule has 0 aromatic heterocycles. The molecule has 21 heteroatoms. The summed E-state index contributed by atoms with van der Waals surface area (Å²) >= 11 is 3.29. The van der Waals surface area contributed by atoms with Crippen LogP contribution in [0.2, 0.25) is 0 Å². The van der Waals surface area contributed by atoms with E-state index < -0.39 is 58.7 Å². The first-order chi connectivity index (χ1) is 35.5. The molecule has 9 heterocycles. The molecule has 9 aliphatic heterocycles. The Morgan fingerprint density at radius 3 is 2.51 bits per heavy atom. The van der Waals surface area contributed by atoms with E-state index in [0.717, 1.165) is 35.3 Å². The first kappa shape index (κ1) is 50.4. The highest BCUT2D eigenvalue weighted by molar-refractivity contribution is 8.00. The predicted octanol–water partition coefficient (Wildman–Crippen LogP) is 6.30. The normalized spacial score (nSPS) is 29.3. The summed E-state index contributed by atoms with van der Waals surface area (Å²) in [7, 11) is 4.98. The molecular weight excluding hydrogens is 993 g/mol. The molecule has 10 atom stereocenters. The van der Waals surface area contributed by atoms with E-state index in [-0.39, 0.29) is 72.2 Å². The molecule has 4 bridgehead atoms. The molecule has 12 rings (SSSR count). The molecule has 394 valence electrons. The fourth-order valence-corrected chi connectivity index (χ4v) is 16.1. The highest BCUT2D eigenvalue weighted by Gasteiger charge is 2.62. The van der Waals surface area contributed by atoms with Crippen molar-refractivity contribution in [1.82, 2.24) is 25.8 Å². The summed E-state index contributed by atoms with van der Waals surface area (Å²) in [6, 6.07) is 5.06. The second-order valence-electron chi connectivity index (χ2n) is 21.4. The molecule has 4 saturated heterocycles. The Balaban J connectivity index is 1.04. The maximum atomic E-state index is 15.3. The molecule has 1 spiro atoms. The number of amides is 2. The van der Waals surface area contributed by atoms with Gasteiger partial charge in [0.2, 0.25) is 6.79 Å². The number of carbonyl (C=O) groups is 4. The zero-order valence-electron chi connectivity index (χ0n) is 42.7. The zero-order chi connectivity index (χ0) is 52.1. The number of phenolic OH excluding ortho intramolecular Hbond substituents is 1. The van der Waals surface area contributed by atoms with Gasteiger partial charge in [-0.3, -0.25) is 19.9 Å². The summed E-state index contributed by atoms with van der Waals surface area (Å²) in [6.07, 6.45) is 2.28. The van der Waals surface area contributed by atoms with Gasteiger partial charge < -0.3 is 53.6 Å². The molecule has 2 amide bonds. The van der Waals surface area contributed by atoms with Crippen LogP contribution in [0.4, 0.5) is 9.59 Å². The van der Waals surface area contributed by atoms with Gasteiger partial charge in [-0.1, -0.05) is 12.5 Å². The quantitative estimate of drug-likeness (QED) is 0.0606. The fraction of sp³-hybridized carbons (Fsp3) is 0.566. The molecule has 3 unspecified atom stereocenters. The van der Waals surface area contributed by atoms with Gasteiger partial charge in [0.1, 0.15) is 24.0 Å². The average Bonchev–Trinajstić information content (AvgIpc) is 4.11. The van der Waals surface area contributed by atoms with Gasteiger partial charge in [-0.25, -0.2) is 14.4 Å². The summed E-state index contributed by atoms with van der Waals surface area (Å²) < 4.78 is 48.8. The van der Waals surface area contributed by atoms with Crippen molar-refractivity contribution < 1.29 is 62.2 Å². The minimum Gasteiger partial charge on any atom is -0.504 e. The van der Waals surface area contributed by atoms with Gasteiger partial charge in [0.15, 0.2) is 40.0 Å². The molecule has 0 aliphatic carbocycles. The number of hydrogen-bond donors (Lipinski definition) is 4. The van der Waals surface area contributed by atoms with Crippen LogP contribution in [0.15, 0.2) is 18.2 Å². The maximum absolute atomic E-state index is 15.3. The number of carbonyl (C=O) groups excluding carboxylic acids is 4. The standard InChI is InChI=1S/C53H62N6O13S2/c1-24-15-27-16-30-31(19-54)59-32-20-67-49(62)53(28-18-33(65-7)34(17-26(28)13-14-55-53)70-51(64)72-52(3,4)5)22-74-48(42(59)41(58(30)6)37(27)43(61)44(24)66-8)39-38(32)47-46(68-23-69-47)25(2)45(39)71-36(60)12-10-9-11-35-40-29(21-73-35)56-50(63)57-40/h15,17-18,29-32,35,40-42,48,55,61H,9-14,16,20-23H2,1-8H3,(H2,56,57,63)/t29?,30-,31-,32-,35-,40?,41+,42?,48+,53+/m0/s1. The van der Waals surface area contributed by atoms with Gasteiger partial charge >= 0.3 is 24.1 Å². The lowest BCUT2D eigenvalue weighted by Gasteiger charge is -2.62. The summed E-state index contributed by atoms with van der Waals surface area (Å²) in [6.45, 7) is 8.98. The minimum atomic E-state index is -1.49. The molecule has 0 radical (unpaired) electrons. The molecule has 3 aromatic carbocycles. The largest absolute Gasteiger partial charge is 0.514 e. The third-order valence-electron chi connectivity index (χ3n) is 16.0. The van der Waals surface area contributed by atoms with Crippen LogP contribution in [0.25, 0.3) is 0 Å². The van der Waals surface area contributed by atoms with Crippen molar-refractivity contribution in [3.63, 3.8) is 0 Å². The summed E-state index contributed by atoms with van der Waals surface area (Å²) in [5.74, 6) is 1.78. The number of nitrogens with zero attached hydrogens (tertiary/aromatic N) is 3. The number of unbranched alkanes of at least 4 members (excludes halogenated alkanes) is 1. The number of phenols is 1. The molecular formula is C53H62N6O13S2. The number of esters is 2. The SMILES string of the molecule is COc1cc2c(cc1OC(=O)OC(C)(C)C)CCN[C@]21CS[C@@H]2c3c(OC(=O)CCCC[C@@H]4SCC5NC(=O)NC54)c(C)c4c(c3[C@H](COC1=O)N1C2[C@H]2c3c(cc(C)c(OC)c3O)C[C@@H]([C@@H]1C#N)N2C)OCO4. The van der Waals surface area contributed by atoms with Crippen LogP contribution in [0, 0.1) is 25.2 Å². The van der Waals surface area contributed by atoms with E-state index in [9.17, 15) is 24.8 Å². The van der Waals surface area contributed by atoms with Crippen LogP contribution < -0.4 is 44.4 Å². The smallest absolute Gasteiger partial charge is 0.504 e. The highest BCUT2D eigenvalue weighted by Crippen LogP contribution is 2.65. The number of likely N-dealkylation sites (N-methyl/N-ethyl adjacent to an activating group) is 1. The van der Waals surface area contributed by atoms with E-state index in [0.29, 0.717) is 76.6 Å². The van der Waals surface area contributed by atoms with Gasteiger partial charge in [0, 0.05) is 64.1 Å². The number of methoxy groups -OCH3 is 2. The third-order valence-corrected chi connectivity index (χ3v) is 19.0. The Kier molecular flexibility index (Phi) is 13.0. The second-order valence-corrected chi connectivity index (χ2v) is 23.8. The number of hydrogen-bond acceptors (Lipinski definition) is 19. The number of benzene rings is 3. The average molecular weight is 1060 g/mol. The van der Waals surface area contributed by atoms with Gasteiger partial charge in [0.05, 0.1) is 49.7 Å². The summed E-state index contributed by atoms with van der Waals surface area (Å²) in [5.41, 5.74) is 3.18. The number of nitriles is 1. The van der Waals surface area contributed by atoms with Crippen molar-refractivity contribution in [2.45, 2.75) is 137 Å². The topological polar surface area (TPSA) is 229 Å². The fourth-order valence-electron chi connectivity index (χ4n) is 12.9. The molecule has 4 fully saturated rings. The molecule has 3 aromatic rings. The van der Waals surface area contributed by atoms with Crippen molar-refractivity contribution in [2.24, 2.45) is 0 Å². The van der Waals surface area contributed by atoms with Crippen molar-refractivity contribution >= 4 is 47.6 Å². The van der Waals surface area contributed by atoms with E-state index in [1.165, 1.54) is 26.0 Å². The first-order valence-electron chi connectivity index (χ1n) is 25.3. The number of fused-ring (bicyclic) bond motifs is 10. The number of thioether (sulfide) groups is 2. The Morgan fingerprint density at radius 1 is 0.959 bits per heavy atom. The van der Waals surface area contributed by atoms with Crippen LogP contribution in [0.5, 0.6) is 40.2 Å². The summed E-state index contributed by atoms with van der Waals surface area (Å²) in [4.78, 5) is 59.1. The van der Waals surface area contributed by atoms with Gasteiger partial charge in [-0.2, -0.15) is 17.0 Å². The maximum Gasteiger partial charge on any atom is 0.514 e. The van der Waals surface area contributed by atoms with Gasteiger partial charge in [-0.05, 0) is 102 Å². The number of urea groups is 1. The van der Waals surface area contributed by atoms with Crippen molar-refractivity contribution in [3.05, 3.63) is 62.7 Å². The molecule has 9 aliphatic rings. The first-order valence-corrected chi connectivity index (χ1v) is 27.4. The Bertz CT molecular complexity index is 2890. The third kappa shape index (κ3) is 8.21. The summed E-state index contributed by atoms with van der Waals surface area (Å²) in [5, 5.41) is 33.0. The van der Waals surface area contributed by atoms with Crippen LogP contribution in [-0.2, 0) is 37.4 Å². The number of nitrogens with one attached hydrogen (secondary N) is 3. The number of rotatable bonds is 9. The van der Waals surface area contributed by atoms with Crippen molar-refractivity contribution in [3.8, 4) is 46.3 Å². The van der Waals surface area contributed by atoms with Gasteiger partial charge in [0.25, 0.3) is 0 Å².